The number of nitrogens with two attached hydrogens (primary N) is 2. The van der Waals surface area contributed by atoms with Crippen LogP contribution >= 0.6 is 0 Å². The minimum Gasteiger partial charge on any atom is -0.428 e. The Kier molecular flexibility index (Phi) is 3.15. The standard InChI is InChI=1S/C13H17N3O/c1-8(2)12-11(16-13(15)17-12)10-5-3-4-9(6-10)7-14/h3-6,8H,7,14H2,1-2H3,(H2,15,16). The normalized spacial score (nSPS) is 11.1. The second-order valence-corrected chi connectivity index (χ2v) is 4.32. The summed E-state index contributed by atoms with van der Waals surface area (Å²) in [7, 11) is 0. The van der Waals surface area contributed by atoms with E-state index in [9.17, 15) is 0 Å². The number of oxazole rings is 1. The molecule has 0 amide bonds. The second-order valence-electron chi connectivity index (χ2n) is 4.32. The van der Waals surface area contributed by atoms with Crippen molar-refractivity contribution < 1.29 is 4.42 Å². The van der Waals surface area contributed by atoms with Crippen LogP contribution in [-0.4, -0.2) is 4.98 Å². The molecule has 0 aliphatic heterocycles. The molecule has 2 aromatic rings. The van der Waals surface area contributed by atoms with E-state index < -0.39 is 0 Å². The molecule has 0 saturated carbocycles. The summed E-state index contributed by atoms with van der Waals surface area (Å²) < 4.78 is 5.44. The van der Waals surface area contributed by atoms with Crippen LogP contribution in [0.15, 0.2) is 28.7 Å². The highest BCUT2D eigenvalue weighted by molar-refractivity contribution is 5.64. The zero-order chi connectivity index (χ0) is 12.4. The number of anilines is 1. The fourth-order valence-corrected chi connectivity index (χ4v) is 1.79. The summed E-state index contributed by atoms with van der Waals surface area (Å²) in [5.74, 6) is 1.06. The molecule has 0 aliphatic rings. The van der Waals surface area contributed by atoms with E-state index >= 15 is 0 Å². The van der Waals surface area contributed by atoms with Gasteiger partial charge in [-0.15, -0.1) is 0 Å². The fraction of sp³-hybridized carbons (Fsp3) is 0.308. The van der Waals surface area contributed by atoms with Crippen molar-refractivity contribution in [1.29, 1.82) is 0 Å². The highest BCUT2D eigenvalue weighted by Crippen LogP contribution is 2.30. The van der Waals surface area contributed by atoms with E-state index in [4.69, 9.17) is 15.9 Å². The first-order valence-electron chi connectivity index (χ1n) is 5.67. The monoisotopic (exact) mass is 231 g/mol. The molecule has 0 unspecified atom stereocenters. The lowest BCUT2D eigenvalue weighted by atomic mass is 10.0. The van der Waals surface area contributed by atoms with E-state index in [0.29, 0.717) is 6.54 Å². The highest BCUT2D eigenvalue weighted by Gasteiger charge is 2.16. The maximum atomic E-state index is 5.63. The molecule has 2 rings (SSSR count). The first kappa shape index (κ1) is 11.7. The Morgan fingerprint density at radius 1 is 1.35 bits per heavy atom. The average molecular weight is 231 g/mol. The third-order valence-corrected chi connectivity index (χ3v) is 2.63. The van der Waals surface area contributed by atoms with Gasteiger partial charge in [-0.2, -0.15) is 4.98 Å². The van der Waals surface area contributed by atoms with Gasteiger partial charge in [0.15, 0.2) is 0 Å². The fourth-order valence-electron chi connectivity index (χ4n) is 1.79. The third-order valence-electron chi connectivity index (χ3n) is 2.63. The number of rotatable bonds is 3. The van der Waals surface area contributed by atoms with Crippen LogP contribution in [0.2, 0.25) is 0 Å². The minimum absolute atomic E-state index is 0.210. The number of nitrogen functional groups attached to an aromatic ring is 1. The molecule has 0 radical (unpaired) electrons. The Morgan fingerprint density at radius 3 is 2.76 bits per heavy atom. The van der Waals surface area contributed by atoms with E-state index in [1.54, 1.807) is 0 Å². The Balaban J connectivity index is 2.51. The van der Waals surface area contributed by atoms with E-state index in [1.807, 2.05) is 24.3 Å². The Labute approximate surface area is 101 Å². The second kappa shape index (κ2) is 4.59. The number of aromatic nitrogens is 1. The van der Waals surface area contributed by atoms with Gasteiger partial charge in [-0.05, 0) is 11.6 Å². The predicted molar refractivity (Wildman–Crippen MR) is 68.3 cm³/mol. The summed E-state index contributed by atoms with van der Waals surface area (Å²) in [6, 6.07) is 8.17. The summed E-state index contributed by atoms with van der Waals surface area (Å²) in [4.78, 5) is 4.25. The van der Waals surface area contributed by atoms with Gasteiger partial charge in [0.25, 0.3) is 6.01 Å². The number of hydrogen-bond donors (Lipinski definition) is 2. The van der Waals surface area contributed by atoms with Gasteiger partial charge >= 0.3 is 0 Å². The largest absolute Gasteiger partial charge is 0.428 e. The van der Waals surface area contributed by atoms with Crippen LogP contribution in [0.3, 0.4) is 0 Å². The highest BCUT2D eigenvalue weighted by atomic mass is 16.4. The topological polar surface area (TPSA) is 78.1 Å². The summed E-state index contributed by atoms with van der Waals surface area (Å²) in [6.45, 7) is 4.62. The van der Waals surface area contributed by atoms with Gasteiger partial charge in [-0.25, -0.2) is 0 Å². The van der Waals surface area contributed by atoms with Gasteiger partial charge in [0.2, 0.25) is 0 Å². The molecule has 0 atom stereocenters. The minimum atomic E-state index is 0.210. The quantitative estimate of drug-likeness (QED) is 0.850. The molecule has 17 heavy (non-hydrogen) atoms. The summed E-state index contributed by atoms with van der Waals surface area (Å²) in [6.07, 6.45) is 0. The van der Waals surface area contributed by atoms with Gasteiger partial charge in [-0.1, -0.05) is 32.0 Å². The molecule has 1 aromatic carbocycles. The van der Waals surface area contributed by atoms with E-state index in [1.165, 1.54) is 0 Å². The molecule has 0 spiro atoms. The Bertz CT molecular complexity index is 517. The lowest BCUT2D eigenvalue weighted by molar-refractivity contribution is 0.500. The Morgan fingerprint density at radius 2 is 2.12 bits per heavy atom. The summed E-state index contributed by atoms with van der Waals surface area (Å²) in [5.41, 5.74) is 14.1. The zero-order valence-electron chi connectivity index (χ0n) is 10.1. The first-order chi connectivity index (χ1) is 8.11. The maximum absolute atomic E-state index is 5.63. The first-order valence-corrected chi connectivity index (χ1v) is 5.67. The van der Waals surface area contributed by atoms with Crippen molar-refractivity contribution in [3.05, 3.63) is 35.6 Å². The zero-order valence-corrected chi connectivity index (χ0v) is 10.1. The molecule has 4 heteroatoms. The molecular weight excluding hydrogens is 214 g/mol. The van der Waals surface area contributed by atoms with Gasteiger partial charge in [-0.3, -0.25) is 0 Å². The molecule has 0 bridgehead atoms. The van der Waals surface area contributed by atoms with Crippen LogP contribution < -0.4 is 11.5 Å². The predicted octanol–water partition coefficient (Wildman–Crippen LogP) is 2.51. The smallest absolute Gasteiger partial charge is 0.292 e. The van der Waals surface area contributed by atoms with E-state index in [-0.39, 0.29) is 11.9 Å². The molecule has 4 N–H and O–H groups in total. The SMILES string of the molecule is CC(C)c1oc(N)nc1-c1cccc(CN)c1. The molecule has 1 aromatic heterocycles. The van der Waals surface area contributed by atoms with Gasteiger partial charge in [0, 0.05) is 18.0 Å². The molecule has 0 fully saturated rings. The lowest BCUT2D eigenvalue weighted by Gasteiger charge is -2.05. The molecule has 0 saturated heterocycles. The average Bonchev–Trinajstić information content (AvgIpc) is 2.72. The van der Waals surface area contributed by atoms with Crippen LogP contribution in [0.1, 0.15) is 31.1 Å². The van der Waals surface area contributed by atoms with E-state index in [2.05, 4.69) is 18.8 Å². The molecule has 0 aliphatic carbocycles. The van der Waals surface area contributed by atoms with Crippen molar-refractivity contribution in [2.45, 2.75) is 26.3 Å². The molecule has 4 nitrogen and oxygen atoms in total. The van der Waals surface area contributed by atoms with Crippen LogP contribution in [0.5, 0.6) is 0 Å². The van der Waals surface area contributed by atoms with Gasteiger partial charge in [0.1, 0.15) is 11.5 Å². The van der Waals surface area contributed by atoms with Crippen molar-refractivity contribution in [2.75, 3.05) is 5.73 Å². The number of nitrogens with zero attached hydrogens (tertiary/aromatic N) is 1. The maximum Gasteiger partial charge on any atom is 0.292 e. The number of benzene rings is 1. The van der Waals surface area contributed by atoms with Crippen LogP contribution in [-0.2, 0) is 6.54 Å². The van der Waals surface area contributed by atoms with Crippen molar-refractivity contribution in [1.82, 2.24) is 4.98 Å². The Hall–Kier alpha value is -1.81. The van der Waals surface area contributed by atoms with Gasteiger partial charge in [0.05, 0.1) is 0 Å². The lowest BCUT2D eigenvalue weighted by Crippen LogP contribution is -1.96. The molecular formula is C13H17N3O. The van der Waals surface area contributed by atoms with Gasteiger partial charge < -0.3 is 15.9 Å². The summed E-state index contributed by atoms with van der Waals surface area (Å²) >= 11 is 0. The van der Waals surface area contributed by atoms with Crippen molar-refractivity contribution in [3.63, 3.8) is 0 Å². The van der Waals surface area contributed by atoms with Crippen molar-refractivity contribution in [2.24, 2.45) is 5.73 Å². The molecule has 90 valence electrons. The van der Waals surface area contributed by atoms with E-state index in [0.717, 1.165) is 22.6 Å². The summed E-state index contributed by atoms with van der Waals surface area (Å²) in [5, 5.41) is 0. The van der Waals surface area contributed by atoms with Crippen LogP contribution in [0.4, 0.5) is 6.01 Å². The van der Waals surface area contributed by atoms with Crippen LogP contribution in [0, 0.1) is 0 Å². The van der Waals surface area contributed by atoms with Crippen LogP contribution in [0.25, 0.3) is 11.3 Å². The van der Waals surface area contributed by atoms with Crippen molar-refractivity contribution >= 4 is 6.01 Å². The van der Waals surface area contributed by atoms with Crippen molar-refractivity contribution in [3.8, 4) is 11.3 Å². The molecule has 1 heterocycles. The third kappa shape index (κ3) is 2.31. The number of hydrogen-bond acceptors (Lipinski definition) is 4.